The minimum Gasteiger partial charge on any atom is -0.367 e. The molecule has 0 N–H and O–H groups in total. The van der Waals surface area contributed by atoms with Crippen LogP contribution in [0.15, 0.2) is 15.9 Å². The van der Waals surface area contributed by atoms with Gasteiger partial charge in [0, 0.05) is 22.4 Å². The van der Waals surface area contributed by atoms with Gasteiger partial charge in [0.25, 0.3) is 0 Å². The number of hydrogen-bond donors (Lipinski definition) is 0. The standard InChI is InChI=1S/C13H17BrO2S/c1-2-16-13(6-3-4-7-13)12(15)9-11-10(14)5-8-17-11/h5,8H,2-4,6-7,9H2,1H3. The van der Waals surface area contributed by atoms with Crippen molar-refractivity contribution in [3.8, 4) is 0 Å². The van der Waals surface area contributed by atoms with Gasteiger partial charge >= 0.3 is 0 Å². The van der Waals surface area contributed by atoms with Gasteiger partial charge in [0.2, 0.25) is 0 Å². The highest BCUT2D eigenvalue weighted by molar-refractivity contribution is 9.10. The molecule has 0 unspecified atom stereocenters. The maximum absolute atomic E-state index is 12.4. The van der Waals surface area contributed by atoms with Gasteiger partial charge in [-0.05, 0) is 60.0 Å². The minimum absolute atomic E-state index is 0.250. The Hall–Kier alpha value is -0.190. The molecule has 1 aromatic heterocycles. The van der Waals surface area contributed by atoms with Crippen LogP contribution in [0.5, 0.6) is 0 Å². The van der Waals surface area contributed by atoms with Gasteiger partial charge in [0.05, 0.1) is 0 Å². The van der Waals surface area contributed by atoms with Crippen LogP contribution in [0.25, 0.3) is 0 Å². The van der Waals surface area contributed by atoms with E-state index in [9.17, 15) is 4.79 Å². The molecule has 0 amide bonds. The molecule has 0 atom stereocenters. The van der Waals surface area contributed by atoms with E-state index >= 15 is 0 Å². The van der Waals surface area contributed by atoms with E-state index < -0.39 is 5.60 Å². The molecular formula is C13H17BrO2S. The van der Waals surface area contributed by atoms with Crippen LogP contribution < -0.4 is 0 Å². The summed E-state index contributed by atoms with van der Waals surface area (Å²) in [6.45, 7) is 2.59. The Balaban J connectivity index is 2.10. The Morgan fingerprint density at radius 1 is 1.53 bits per heavy atom. The van der Waals surface area contributed by atoms with Crippen molar-refractivity contribution in [2.24, 2.45) is 0 Å². The van der Waals surface area contributed by atoms with Crippen molar-refractivity contribution in [3.63, 3.8) is 0 Å². The molecular weight excluding hydrogens is 300 g/mol. The van der Waals surface area contributed by atoms with Gasteiger partial charge in [-0.15, -0.1) is 11.3 Å². The summed E-state index contributed by atoms with van der Waals surface area (Å²) in [5, 5.41) is 2.01. The van der Waals surface area contributed by atoms with Crippen LogP contribution in [-0.2, 0) is 16.0 Å². The zero-order chi connectivity index (χ0) is 12.3. The third-order valence-electron chi connectivity index (χ3n) is 3.35. The van der Waals surface area contributed by atoms with E-state index in [1.54, 1.807) is 11.3 Å². The summed E-state index contributed by atoms with van der Waals surface area (Å²) in [5.74, 6) is 0.250. The molecule has 1 saturated carbocycles. The van der Waals surface area contributed by atoms with Crippen LogP contribution in [0.4, 0.5) is 0 Å². The van der Waals surface area contributed by atoms with Crippen molar-refractivity contribution in [1.82, 2.24) is 0 Å². The normalized spacial score (nSPS) is 18.5. The fourth-order valence-corrected chi connectivity index (χ4v) is 3.98. The van der Waals surface area contributed by atoms with Crippen molar-refractivity contribution in [2.75, 3.05) is 6.61 Å². The van der Waals surface area contributed by atoms with E-state index in [4.69, 9.17) is 4.74 Å². The van der Waals surface area contributed by atoms with Crippen molar-refractivity contribution in [1.29, 1.82) is 0 Å². The molecule has 2 rings (SSSR count). The van der Waals surface area contributed by atoms with Crippen LogP contribution in [0, 0.1) is 0 Å². The highest BCUT2D eigenvalue weighted by atomic mass is 79.9. The molecule has 0 radical (unpaired) electrons. The summed E-state index contributed by atoms with van der Waals surface area (Å²) in [5.41, 5.74) is -0.488. The highest BCUT2D eigenvalue weighted by Gasteiger charge is 2.41. The lowest BCUT2D eigenvalue weighted by Crippen LogP contribution is -2.39. The largest absolute Gasteiger partial charge is 0.367 e. The number of thiophene rings is 1. The third kappa shape index (κ3) is 2.80. The first-order valence-electron chi connectivity index (χ1n) is 6.07. The van der Waals surface area contributed by atoms with E-state index in [0.717, 1.165) is 35.0 Å². The Bertz CT molecular complexity index is 394. The van der Waals surface area contributed by atoms with E-state index in [-0.39, 0.29) is 5.78 Å². The quantitative estimate of drug-likeness (QED) is 0.821. The zero-order valence-corrected chi connectivity index (χ0v) is 12.4. The van der Waals surface area contributed by atoms with Crippen LogP contribution in [-0.4, -0.2) is 18.0 Å². The van der Waals surface area contributed by atoms with Gasteiger partial charge in [-0.3, -0.25) is 4.79 Å². The molecule has 2 nitrogen and oxygen atoms in total. The minimum atomic E-state index is -0.488. The van der Waals surface area contributed by atoms with E-state index in [1.807, 2.05) is 18.4 Å². The van der Waals surface area contributed by atoms with Gasteiger partial charge < -0.3 is 4.74 Å². The van der Waals surface area contributed by atoms with Crippen LogP contribution in [0.1, 0.15) is 37.5 Å². The highest BCUT2D eigenvalue weighted by Crippen LogP contribution is 2.36. The molecule has 1 fully saturated rings. The fraction of sp³-hybridized carbons (Fsp3) is 0.615. The summed E-state index contributed by atoms with van der Waals surface area (Å²) >= 11 is 5.11. The number of carbonyl (C=O) groups excluding carboxylic acids is 1. The molecule has 94 valence electrons. The second-order valence-corrected chi connectivity index (χ2v) is 6.28. The Morgan fingerprint density at radius 3 is 2.76 bits per heavy atom. The lowest BCUT2D eigenvalue weighted by Gasteiger charge is -2.27. The average molecular weight is 317 g/mol. The summed E-state index contributed by atoms with van der Waals surface area (Å²) in [7, 11) is 0. The Morgan fingerprint density at radius 2 is 2.24 bits per heavy atom. The molecule has 0 aromatic carbocycles. The average Bonchev–Trinajstić information content (AvgIpc) is 2.91. The number of ether oxygens (including phenoxy) is 1. The maximum Gasteiger partial charge on any atom is 0.169 e. The van der Waals surface area contributed by atoms with Crippen LogP contribution in [0.3, 0.4) is 0 Å². The van der Waals surface area contributed by atoms with Crippen molar-refractivity contribution >= 4 is 33.0 Å². The van der Waals surface area contributed by atoms with Crippen molar-refractivity contribution in [2.45, 2.75) is 44.6 Å². The molecule has 0 bridgehead atoms. The summed E-state index contributed by atoms with van der Waals surface area (Å²) < 4.78 is 6.82. The fourth-order valence-electron chi connectivity index (χ4n) is 2.48. The monoisotopic (exact) mass is 316 g/mol. The topological polar surface area (TPSA) is 26.3 Å². The lowest BCUT2D eigenvalue weighted by molar-refractivity contribution is -0.142. The summed E-state index contributed by atoms with van der Waals surface area (Å²) in [6.07, 6.45) is 4.50. The maximum atomic E-state index is 12.4. The number of Topliss-reactive ketones (excluding diaryl/α,β-unsaturated/α-hetero) is 1. The predicted molar refractivity (Wildman–Crippen MR) is 73.6 cm³/mol. The first-order valence-corrected chi connectivity index (χ1v) is 7.74. The summed E-state index contributed by atoms with van der Waals surface area (Å²) in [6, 6.07) is 2.00. The first kappa shape index (κ1) is 13.2. The lowest BCUT2D eigenvalue weighted by atomic mass is 9.93. The van der Waals surface area contributed by atoms with E-state index in [2.05, 4.69) is 15.9 Å². The second-order valence-electron chi connectivity index (χ2n) is 4.43. The molecule has 1 aromatic rings. The Labute approximate surface area is 114 Å². The zero-order valence-electron chi connectivity index (χ0n) is 10.0. The number of halogens is 1. The van der Waals surface area contributed by atoms with E-state index in [0.29, 0.717) is 13.0 Å². The molecule has 1 heterocycles. The van der Waals surface area contributed by atoms with Crippen molar-refractivity contribution in [3.05, 3.63) is 20.8 Å². The van der Waals surface area contributed by atoms with Crippen LogP contribution >= 0.6 is 27.3 Å². The number of ketones is 1. The Kier molecular flexibility index (Phi) is 4.39. The molecule has 4 heteroatoms. The molecule has 1 aliphatic rings. The molecule has 0 saturated heterocycles. The molecule has 17 heavy (non-hydrogen) atoms. The molecule has 0 spiro atoms. The van der Waals surface area contributed by atoms with Gasteiger partial charge in [0.15, 0.2) is 5.78 Å². The smallest absolute Gasteiger partial charge is 0.169 e. The van der Waals surface area contributed by atoms with Gasteiger partial charge in [-0.2, -0.15) is 0 Å². The van der Waals surface area contributed by atoms with E-state index in [1.165, 1.54) is 0 Å². The van der Waals surface area contributed by atoms with Gasteiger partial charge in [-0.1, -0.05) is 0 Å². The molecule has 0 aliphatic heterocycles. The second kappa shape index (κ2) is 5.63. The third-order valence-corrected chi connectivity index (χ3v) is 5.28. The van der Waals surface area contributed by atoms with Gasteiger partial charge in [0.1, 0.15) is 5.60 Å². The number of hydrogen-bond acceptors (Lipinski definition) is 3. The SMILES string of the molecule is CCOC1(C(=O)Cc2sccc2Br)CCCC1. The number of carbonyl (C=O) groups is 1. The summed E-state index contributed by atoms with van der Waals surface area (Å²) in [4.78, 5) is 13.5. The van der Waals surface area contributed by atoms with Gasteiger partial charge in [-0.25, -0.2) is 0 Å². The van der Waals surface area contributed by atoms with Crippen LogP contribution in [0.2, 0.25) is 0 Å². The molecule has 1 aliphatic carbocycles. The van der Waals surface area contributed by atoms with Crippen molar-refractivity contribution < 1.29 is 9.53 Å². The first-order chi connectivity index (χ1) is 8.18. The number of rotatable bonds is 5. The predicted octanol–water partition coefficient (Wildman–Crippen LogP) is 3.97.